The first-order chi connectivity index (χ1) is 9.19. The van der Waals surface area contributed by atoms with Crippen LogP contribution in [0.25, 0.3) is 0 Å². The Bertz CT molecular complexity index is 496. The Labute approximate surface area is 116 Å². The van der Waals surface area contributed by atoms with Gasteiger partial charge in [-0.2, -0.15) is 0 Å². The third-order valence-electron chi connectivity index (χ3n) is 3.62. The maximum atomic E-state index is 5.93. The Morgan fingerprint density at radius 2 is 1.58 bits per heavy atom. The van der Waals surface area contributed by atoms with Crippen LogP contribution in [0.4, 0.5) is 0 Å². The smallest absolute Gasteiger partial charge is 0.000812 e. The molecule has 1 nitrogen and oxygen atoms in total. The molecule has 1 atom stereocenters. The summed E-state index contributed by atoms with van der Waals surface area (Å²) in [6, 6.07) is 17.4. The maximum Gasteiger partial charge on any atom is -0.000812 e. The summed E-state index contributed by atoms with van der Waals surface area (Å²) >= 11 is 0. The zero-order valence-electron chi connectivity index (χ0n) is 11.9. The van der Waals surface area contributed by atoms with Crippen molar-refractivity contribution in [1.82, 2.24) is 0 Å². The predicted molar refractivity (Wildman–Crippen MR) is 82.5 cm³/mol. The van der Waals surface area contributed by atoms with E-state index < -0.39 is 0 Å². The van der Waals surface area contributed by atoms with Crippen molar-refractivity contribution in [3.8, 4) is 0 Å². The quantitative estimate of drug-likeness (QED) is 0.857. The van der Waals surface area contributed by atoms with Gasteiger partial charge in [0.05, 0.1) is 0 Å². The van der Waals surface area contributed by atoms with Crippen LogP contribution in [0.5, 0.6) is 0 Å². The van der Waals surface area contributed by atoms with Gasteiger partial charge in [0.25, 0.3) is 0 Å². The summed E-state index contributed by atoms with van der Waals surface area (Å²) in [5.74, 6) is 0.460. The second-order valence-corrected chi connectivity index (χ2v) is 5.38. The molecule has 2 aromatic carbocycles. The van der Waals surface area contributed by atoms with Crippen molar-refractivity contribution in [2.75, 3.05) is 6.54 Å². The lowest BCUT2D eigenvalue weighted by molar-refractivity contribution is 0.633. The van der Waals surface area contributed by atoms with Gasteiger partial charge in [-0.05, 0) is 50.3 Å². The number of aryl methyl sites for hydroxylation is 3. The highest BCUT2D eigenvalue weighted by atomic mass is 14.5. The molecule has 0 aliphatic rings. The van der Waals surface area contributed by atoms with E-state index in [0.717, 1.165) is 19.4 Å². The van der Waals surface area contributed by atoms with Crippen molar-refractivity contribution in [1.29, 1.82) is 0 Å². The number of benzene rings is 2. The Kier molecular flexibility index (Phi) is 4.75. The van der Waals surface area contributed by atoms with E-state index in [4.69, 9.17) is 5.73 Å². The second-order valence-electron chi connectivity index (χ2n) is 5.38. The van der Waals surface area contributed by atoms with Crippen LogP contribution in [0.15, 0.2) is 48.5 Å². The summed E-state index contributed by atoms with van der Waals surface area (Å²) in [5, 5.41) is 0. The van der Waals surface area contributed by atoms with Crippen LogP contribution in [0.1, 0.15) is 34.6 Å². The average molecular weight is 253 g/mol. The number of hydrogen-bond acceptors (Lipinski definition) is 1. The van der Waals surface area contributed by atoms with E-state index in [1.54, 1.807) is 0 Å². The van der Waals surface area contributed by atoms with Crippen molar-refractivity contribution < 1.29 is 0 Å². The van der Waals surface area contributed by atoms with Gasteiger partial charge in [0.2, 0.25) is 0 Å². The molecule has 0 saturated heterocycles. The van der Waals surface area contributed by atoms with Gasteiger partial charge in [0.15, 0.2) is 0 Å². The van der Waals surface area contributed by atoms with Crippen LogP contribution in [-0.4, -0.2) is 6.54 Å². The number of rotatable bonds is 5. The molecule has 1 unspecified atom stereocenters. The molecule has 0 saturated carbocycles. The standard InChI is InChI=1S/C18H23N/c1-14-10-15(2)12-16(11-14)8-9-18(13-19)17-6-4-3-5-7-17/h3-7,10-12,18H,8-9,13,19H2,1-2H3. The monoisotopic (exact) mass is 253 g/mol. The largest absolute Gasteiger partial charge is 0.330 e. The number of hydrogen-bond donors (Lipinski definition) is 1. The van der Waals surface area contributed by atoms with Gasteiger partial charge in [0, 0.05) is 0 Å². The Balaban J connectivity index is 2.04. The normalized spacial score (nSPS) is 12.4. The Hall–Kier alpha value is -1.60. The van der Waals surface area contributed by atoms with Crippen LogP contribution in [0, 0.1) is 13.8 Å². The predicted octanol–water partition coefficient (Wildman–Crippen LogP) is 3.98. The first kappa shape index (κ1) is 13.8. The highest BCUT2D eigenvalue weighted by Gasteiger charge is 2.09. The van der Waals surface area contributed by atoms with Gasteiger partial charge in [-0.3, -0.25) is 0 Å². The molecule has 0 spiro atoms. The van der Waals surface area contributed by atoms with E-state index in [1.165, 1.54) is 22.3 Å². The highest BCUT2D eigenvalue weighted by Crippen LogP contribution is 2.21. The van der Waals surface area contributed by atoms with Gasteiger partial charge in [-0.1, -0.05) is 59.7 Å². The van der Waals surface area contributed by atoms with Gasteiger partial charge in [-0.15, -0.1) is 0 Å². The highest BCUT2D eigenvalue weighted by molar-refractivity contribution is 5.29. The topological polar surface area (TPSA) is 26.0 Å². The van der Waals surface area contributed by atoms with Crippen molar-refractivity contribution >= 4 is 0 Å². The van der Waals surface area contributed by atoms with Crippen molar-refractivity contribution in [2.24, 2.45) is 5.73 Å². The molecular weight excluding hydrogens is 230 g/mol. The summed E-state index contributed by atoms with van der Waals surface area (Å²) in [7, 11) is 0. The maximum absolute atomic E-state index is 5.93. The second kappa shape index (κ2) is 6.53. The van der Waals surface area contributed by atoms with E-state index in [9.17, 15) is 0 Å². The fraction of sp³-hybridized carbons (Fsp3) is 0.333. The molecule has 0 amide bonds. The third kappa shape index (κ3) is 3.93. The average Bonchev–Trinajstić information content (AvgIpc) is 2.39. The van der Waals surface area contributed by atoms with Gasteiger partial charge in [-0.25, -0.2) is 0 Å². The molecule has 2 N–H and O–H groups in total. The molecule has 0 bridgehead atoms. The molecule has 19 heavy (non-hydrogen) atoms. The zero-order chi connectivity index (χ0) is 13.7. The Morgan fingerprint density at radius 1 is 0.947 bits per heavy atom. The first-order valence-corrected chi connectivity index (χ1v) is 7.01. The van der Waals surface area contributed by atoms with E-state index in [-0.39, 0.29) is 0 Å². The molecule has 0 fully saturated rings. The van der Waals surface area contributed by atoms with E-state index in [0.29, 0.717) is 5.92 Å². The lowest BCUT2D eigenvalue weighted by Crippen LogP contribution is -2.13. The SMILES string of the molecule is Cc1cc(C)cc(CCC(CN)c2ccccc2)c1. The van der Waals surface area contributed by atoms with E-state index >= 15 is 0 Å². The van der Waals surface area contributed by atoms with Crippen LogP contribution < -0.4 is 5.73 Å². The Morgan fingerprint density at radius 3 is 2.16 bits per heavy atom. The molecule has 2 rings (SSSR count). The summed E-state index contributed by atoms with van der Waals surface area (Å²) < 4.78 is 0. The molecule has 0 radical (unpaired) electrons. The summed E-state index contributed by atoms with van der Waals surface area (Å²) in [5.41, 5.74) is 11.4. The lowest BCUT2D eigenvalue weighted by Gasteiger charge is -2.15. The van der Waals surface area contributed by atoms with E-state index in [2.05, 4.69) is 62.4 Å². The minimum absolute atomic E-state index is 0.460. The molecule has 0 aliphatic heterocycles. The first-order valence-electron chi connectivity index (χ1n) is 7.01. The summed E-state index contributed by atoms with van der Waals surface area (Å²) in [4.78, 5) is 0. The molecule has 0 aliphatic carbocycles. The van der Waals surface area contributed by atoms with Crippen molar-refractivity contribution in [3.63, 3.8) is 0 Å². The third-order valence-corrected chi connectivity index (χ3v) is 3.62. The molecule has 100 valence electrons. The fourth-order valence-corrected chi connectivity index (χ4v) is 2.70. The molecular formula is C18H23N. The van der Waals surface area contributed by atoms with Crippen LogP contribution >= 0.6 is 0 Å². The molecule has 2 aromatic rings. The van der Waals surface area contributed by atoms with Crippen molar-refractivity contribution in [2.45, 2.75) is 32.6 Å². The molecule has 0 aromatic heterocycles. The van der Waals surface area contributed by atoms with Crippen LogP contribution in [0.2, 0.25) is 0 Å². The van der Waals surface area contributed by atoms with E-state index in [1.807, 2.05) is 0 Å². The summed E-state index contributed by atoms with van der Waals surface area (Å²) in [6.45, 7) is 5.04. The van der Waals surface area contributed by atoms with Gasteiger partial charge in [0.1, 0.15) is 0 Å². The number of nitrogens with two attached hydrogens (primary N) is 1. The van der Waals surface area contributed by atoms with Crippen LogP contribution in [-0.2, 0) is 6.42 Å². The molecule has 0 heterocycles. The van der Waals surface area contributed by atoms with Gasteiger partial charge < -0.3 is 5.73 Å². The zero-order valence-corrected chi connectivity index (χ0v) is 11.9. The minimum Gasteiger partial charge on any atom is -0.330 e. The minimum atomic E-state index is 0.460. The van der Waals surface area contributed by atoms with Crippen molar-refractivity contribution in [3.05, 3.63) is 70.8 Å². The lowest BCUT2D eigenvalue weighted by atomic mass is 9.92. The van der Waals surface area contributed by atoms with Crippen LogP contribution in [0.3, 0.4) is 0 Å². The molecule has 1 heteroatoms. The van der Waals surface area contributed by atoms with Gasteiger partial charge >= 0.3 is 0 Å². The fourth-order valence-electron chi connectivity index (χ4n) is 2.70. The summed E-state index contributed by atoms with van der Waals surface area (Å²) in [6.07, 6.45) is 2.21.